The molecule has 0 saturated carbocycles. The number of hydrogen-bond acceptors (Lipinski definition) is 4. The van der Waals surface area contributed by atoms with E-state index in [1.807, 2.05) is 0 Å². The van der Waals surface area contributed by atoms with Crippen LogP contribution < -0.4 is 5.43 Å². The van der Waals surface area contributed by atoms with Gasteiger partial charge in [0.2, 0.25) is 0 Å². The summed E-state index contributed by atoms with van der Waals surface area (Å²) in [5.74, 6) is -0.597. The molecular weight excluding hydrogens is 146 g/mol. The van der Waals surface area contributed by atoms with E-state index in [4.69, 9.17) is 5.39 Å². The zero-order valence-electron chi connectivity index (χ0n) is 5.43. The standard InChI is InChI=1S/C5H3N5O/c6-10-9-5(11)4-3-7-1-2-8-4/h1-3H/p+1. The Morgan fingerprint density at radius 3 is 3.00 bits per heavy atom. The van der Waals surface area contributed by atoms with Crippen LogP contribution in [0, 0.1) is 5.39 Å². The van der Waals surface area contributed by atoms with Gasteiger partial charge in [0.15, 0.2) is 5.69 Å². The third-order valence-electron chi connectivity index (χ3n) is 0.947. The Morgan fingerprint density at radius 1 is 1.64 bits per heavy atom. The first kappa shape index (κ1) is 7.08. The lowest BCUT2D eigenvalue weighted by Gasteiger charge is -1.87. The Bertz CT molecular complexity index is 289. The summed E-state index contributed by atoms with van der Waals surface area (Å²) in [5.41, 5.74) is 1.90. The molecule has 0 aliphatic heterocycles. The average molecular weight is 150 g/mol. The predicted molar refractivity (Wildman–Crippen MR) is 34.6 cm³/mol. The minimum atomic E-state index is -0.597. The Kier molecular flexibility index (Phi) is 2.07. The molecule has 0 unspecified atom stereocenters. The van der Waals surface area contributed by atoms with Crippen LogP contribution in [0.4, 0.5) is 0 Å². The Labute approximate surface area is 61.9 Å². The minimum Gasteiger partial charge on any atom is -0.261 e. The van der Waals surface area contributed by atoms with Crippen molar-refractivity contribution in [2.45, 2.75) is 0 Å². The van der Waals surface area contributed by atoms with Gasteiger partial charge < -0.3 is 0 Å². The van der Waals surface area contributed by atoms with Crippen molar-refractivity contribution in [2.24, 2.45) is 0 Å². The van der Waals surface area contributed by atoms with Gasteiger partial charge in [-0.3, -0.25) is 9.78 Å². The van der Waals surface area contributed by atoms with Crippen LogP contribution in [0.15, 0.2) is 18.6 Å². The van der Waals surface area contributed by atoms with E-state index >= 15 is 0 Å². The maximum absolute atomic E-state index is 10.8. The second kappa shape index (κ2) is 3.22. The lowest BCUT2D eigenvalue weighted by atomic mass is 10.4. The highest BCUT2D eigenvalue weighted by Crippen LogP contribution is 1.88. The molecule has 11 heavy (non-hydrogen) atoms. The van der Waals surface area contributed by atoms with Crippen molar-refractivity contribution < 1.29 is 4.79 Å². The van der Waals surface area contributed by atoms with Gasteiger partial charge in [0.25, 0.3) is 5.39 Å². The van der Waals surface area contributed by atoms with Crippen LogP contribution in [0.1, 0.15) is 10.5 Å². The monoisotopic (exact) mass is 150 g/mol. The van der Waals surface area contributed by atoms with Crippen molar-refractivity contribution in [2.75, 3.05) is 0 Å². The van der Waals surface area contributed by atoms with E-state index < -0.39 is 5.91 Å². The minimum absolute atomic E-state index is 0.102. The maximum atomic E-state index is 10.8. The Hall–Kier alpha value is -2.03. The van der Waals surface area contributed by atoms with Crippen LogP contribution in [-0.2, 0) is 0 Å². The molecule has 0 fully saturated rings. The number of diazo groups is 1. The largest absolute Gasteiger partial charge is 0.345 e. The quantitative estimate of drug-likeness (QED) is 0.450. The first-order valence-electron chi connectivity index (χ1n) is 2.75. The van der Waals surface area contributed by atoms with Crippen LogP contribution in [0.5, 0.6) is 0 Å². The SMILES string of the molecule is N#[N+]NC(=O)c1cnccn1. The lowest BCUT2D eigenvalue weighted by molar-refractivity contribution is 0.0963. The van der Waals surface area contributed by atoms with Gasteiger partial charge in [-0.05, 0) is 0 Å². The number of rotatable bonds is 1. The average Bonchev–Trinajstić information content (AvgIpc) is 2.07. The van der Waals surface area contributed by atoms with Crippen molar-refractivity contribution in [1.82, 2.24) is 15.4 Å². The molecule has 0 bridgehead atoms. The second-order valence-corrected chi connectivity index (χ2v) is 1.63. The maximum Gasteiger partial charge on any atom is 0.345 e. The molecule has 1 heterocycles. The molecule has 1 aromatic heterocycles. The molecule has 0 aliphatic rings. The fraction of sp³-hybridized carbons (Fsp3) is 0. The number of nitrogens with one attached hydrogen (secondary N) is 1. The number of carbonyl (C=O) groups excluding carboxylic acids is 1. The molecule has 0 aromatic carbocycles. The molecule has 0 saturated heterocycles. The van der Waals surface area contributed by atoms with Gasteiger partial charge in [0, 0.05) is 17.8 Å². The summed E-state index contributed by atoms with van der Waals surface area (Å²) in [7, 11) is 0. The third kappa shape index (κ3) is 1.69. The molecule has 0 atom stereocenters. The molecule has 6 nitrogen and oxygen atoms in total. The predicted octanol–water partition coefficient (Wildman–Crippen LogP) is -0.0255. The Morgan fingerprint density at radius 2 is 2.45 bits per heavy atom. The molecule has 1 aromatic rings. The number of nitrogens with zero attached hydrogens (tertiary/aromatic N) is 4. The van der Waals surface area contributed by atoms with Gasteiger partial charge in [0.05, 0.1) is 6.20 Å². The van der Waals surface area contributed by atoms with Gasteiger partial charge in [-0.2, -0.15) is 0 Å². The van der Waals surface area contributed by atoms with Crippen molar-refractivity contribution in [3.05, 3.63) is 29.4 Å². The van der Waals surface area contributed by atoms with E-state index in [-0.39, 0.29) is 5.69 Å². The van der Waals surface area contributed by atoms with Gasteiger partial charge >= 0.3 is 11.0 Å². The number of amides is 1. The van der Waals surface area contributed by atoms with Crippen LogP contribution in [0.3, 0.4) is 0 Å². The summed E-state index contributed by atoms with van der Waals surface area (Å²) in [6.07, 6.45) is 4.07. The van der Waals surface area contributed by atoms with Gasteiger partial charge in [0.1, 0.15) is 0 Å². The summed E-state index contributed by atoms with van der Waals surface area (Å²) in [6, 6.07) is 0. The molecule has 0 spiro atoms. The Balaban J connectivity index is 2.79. The molecule has 0 radical (unpaired) electrons. The molecule has 6 heteroatoms. The molecule has 54 valence electrons. The van der Waals surface area contributed by atoms with E-state index in [2.05, 4.69) is 15.1 Å². The van der Waals surface area contributed by atoms with Crippen LogP contribution in [0.25, 0.3) is 5.08 Å². The molecular formula is C5H4N5O+. The van der Waals surface area contributed by atoms with Crippen molar-refractivity contribution in [3.63, 3.8) is 0 Å². The molecule has 1 rings (SSSR count). The fourth-order valence-corrected chi connectivity index (χ4v) is 0.519. The molecule has 1 amide bonds. The van der Waals surface area contributed by atoms with Gasteiger partial charge in [-0.1, -0.05) is 0 Å². The first-order chi connectivity index (χ1) is 5.34. The highest BCUT2D eigenvalue weighted by Gasteiger charge is 2.10. The summed E-state index contributed by atoms with van der Waals surface area (Å²) in [6.45, 7) is 0. The summed E-state index contributed by atoms with van der Waals surface area (Å²) in [5, 5.41) is 10.4. The van der Waals surface area contributed by atoms with E-state index in [9.17, 15) is 4.79 Å². The van der Waals surface area contributed by atoms with E-state index in [1.54, 1.807) is 5.43 Å². The number of hydrogen-bond donors (Lipinski definition) is 1. The van der Waals surface area contributed by atoms with Crippen LogP contribution >= 0.6 is 0 Å². The van der Waals surface area contributed by atoms with Crippen molar-refractivity contribution in [1.29, 1.82) is 5.39 Å². The van der Waals surface area contributed by atoms with E-state index in [0.29, 0.717) is 0 Å². The van der Waals surface area contributed by atoms with Crippen molar-refractivity contribution in [3.8, 4) is 0 Å². The van der Waals surface area contributed by atoms with E-state index in [0.717, 1.165) is 0 Å². The third-order valence-corrected chi connectivity index (χ3v) is 0.947. The smallest absolute Gasteiger partial charge is 0.261 e. The van der Waals surface area contributed by atoms with Crippen molar-refractivity contribution >= 4 is 5.91 Å². The number of carbonyl (C=O) groups is 1. The highest BCUT2D eigenvalue weighted by atomic mass is 16.2. The molecule has 0 aliphatic carbocycles. The summed E-state index contributed by atoms with van der Waals surface area (Å²) in [4.78, 5) is 18.1. The van der Waals surface area contributed by atoms with Crippen LogP contribution in [-0.4, -0.2) is 15.9 Å². The van der Waals surface area contributed by atoms with E-state index in [1.165, 1.54) is 18.6 Å². The normalized spacial score (nSPS) is 8.27. The topological polar surface area (TPSA) is 83.0 Å². The number of aromatic nitrogens is 2. The second-order valence-electron chi connectivity index (χ2n) is 1.63. The summed E-state index contributed by atoms with van der Waals surface area (Å²) >= 11 is 0. The van der Waals surface area contributed by atoms with Gasteiger partial charge in [-0.15, -0.1) is 0 Å². The lowest BCUT2D eigenvalue weighted by Crippen LogP contribution is -2.16. The highest BCUT2D eigenvalue weighted by molar-refractivity contribution is 5.92. The zero-order valence-corrected chi connectivity index (χ0v) is 5.43. The summed E-state index contributed by atoms with van der Waals surface area (Å²) < 4.78 is 0. The van der Waals surface area contributed by atoms with Crippen LogP contribution in [0.2, 0.25) is 0 Å². The fourth-order valence-electron chi connectivity index (χ4n) is 0.519. The zero-order chi connectivity index (χ0) is 8.10. The molecule has 1 N–H and O–H groups in total. The van der Waals surface area contributed by atoms with Gasteiger partial charge in [-0.25, -0.2) is 4.98 Å². The first-order valence-corrected chi connectivity index (χ1v) is 2.75.